The molecule has 0 radical (unpaired) electrons. The Morgan fingerprint density at radius 3 is 2.73 bits per heavy atom. The summed E-state index contributed by atoms with van der Waals surface area (Å²) in [5, 5.41) is 11.0. The molecule has 7 nitrogen and oxygen atoms in total. The van der Waals surface area contributed by atoms with Crippen LogP contribution in [0.2, 0.25) is 0 Å². The summed E-state index contributed by atoms with van der Waals surface area (Å²) in [4.78, 5) is 14.4. The molecule has 1 aliphatic carbocycles. The lowest BCUT2D eigenvalue weighted by atomic mass is 10.1. The molecule has 1 aromatic carbocycles. The van der Waals surface area contributed by atoms with Gasteiger partial charge in [0.05, 0.1) is 6.10 Å². The molecular formula is C19H24N4O3. The molecule has 1 saturated carbocycles. The van der Waals surface area contributed by atoms with Crippen molar-refractivity contribution in [2.75, 3.05) is 20.1 Å². The number of ether oxygens (including phenoxy) is 1. The summed E-state index contributed by atoms with van der Waals surface area (Å²) in [7, 11) is 1.63. The van der Waals surface area contributed by atoms with Gasteiger partial charge in [0.2, 0.25) is 17.7 Å². The van der Waals surface area contributed by atoms with Gasteiger partial charge in [-0.25, -0.2) is 0 Å². The minimum Gasteiger partial charge on any atom is -0.421 e. The van der Waals surface area contributed by atoms with Crippen molar-refractivity contribution < 1.29 is 13.9 Å². The van der Waals surface area contributed by atoms with Gasteiger partial charge in [0, 0.05) is 26.7 Å². The van der Waals surface area contributed by atoms with Gasteiger partial charge in [0.15, 0.2) is 0 Å². The number of carbonyl (C=O) groups is 1. The van der Waals surface area contributed by atoms with Crippen LogP contribution in [0.1, 0.15) is 43.2 Å². The fraction of sp³-hybridized carbons (Fsp3) is 0.526. The quantitative estimate of drug-likeness (QED) is 0.880. The molecule has 1 saturated heterocycles. The SMILES string of the molecule is CNC(=O)C1(c2nnc([C@H]3CN(Cc4ccccc4)C[C@@H](C)O3)o2)CC1. The molecule has 2 atom stereocenters. The lowest BCUT2D eigenvalue weighted by Crippen LogP contribution is -2.42. The molecule has 4 rings (SSSR count). The van der Waals surface area contributed by atoms with Crippen molar-refractivity contribution in [3.05, 3.63) is 47.7 Å². The number of carbonyl (C=O) groups excluding carboxylic acids is 1. The van der Waals surface area contributed by atoms with Crippen molar-refractivity contribution in [3.63, 3.8) is 0 Å². The smallest absolute Gasteiger partial charge is 0.246 e. The molecule has 1 amide bonds. The standard InChI is InChI=1S/C19H24N4O3/c1-13-10-23(11-14-6-4-3-5-7-14)12-15(25-13)16-21-22-18(26-16)19(8-9-19)17(24)20-2/h3-7,13,15H,8-12H2,1-2H3,(H,20,24)/t13-,15-/m1/s1. The predicted molar refractivity (Wildman–Crippen MR) is 94.3 cm³/mol. The third-order valence-electron chi connectivity index (χ3n) is 5.12. The van der Waals surface area contributed by atoms with Crippen LogP contribution in [-0.2, 0) is 21.5 Å². The van der Waals surface area contributed by atoms with E-state index in [4.69, 9.17) is 9.15 Å². The van der Waals surface area contributed by atoms with E-state index < -0.39 is 5.41 Å². The molecule has 1 aromatic heterocycles. The fourth-order valence-corrected chi connectivity index (χ4v) is 3.61. The number of morpholine rings is 1. The molecule has 7 heteroatoms. The Hall–Kier alpha value is -2.25. The van der Waals surface area contributed by atoms with Crippen molar-refractivity contribution in [2.45, 2.75) is 43.9 Å². The zero-order valence-corrected chi connectivity index (χ0v) is 15.1. The summed E-state index contributed by atoms with van der Waals surface area (Å²) in [5.41, 5.74) is 0.632. The molecule has 0 unspecified atom stereocenters. The van der Waals surface area contributed by atoms with E-state index in [9.17, 15) is 4.79 Å². The van der Waals surface area contributed by atoms with Gasteiger partial charge < -0.3 is 14.5 Å². The maximum atomic E-state index is 12.1. The Morgan fingerprint density at radius 1 is 1.27 bits per heavy atom. The van der Waals surface area contributed by atoms with Gasteiger partial charge in [0.1, 0.15) is 11.5 Å². The van der Waals surface area contributed by atoms with E-state index in [0.717, 1.165) is 25.9 Å². The van der Waals surface area contributed by atoms with Crippen LogP contribution < -0.4 is 5.32 Å². The normalized spacial score (nSPS) is 25.0. The molecule has 0 bridgehead atoms. The zero-order valence-electron chi connectivity index (χ0n) is 15.1. The molecule has 2 heterocycles. The van der Waals surface area contributed by atoms with Gasteiger partial charge in [-0.05, 0) is 25.3 Å². The van der Waals surface area contributed by atoms with E-state index in [2.05, 4.69) is 44.7 Å². The first-order chi connectivity index (χ1) is 12.6. The minimum atomic E-state index is -0.635. The summed E-state index contributed by atoms with van der Waals surface area (Å²) in [6.07, 6.45) is 1.29. The number of aromatic nitrogens is 2. The summed E-state index contributed by atoms with van der Waals surface area (Å²) in [6.45, 7) is 4.45. The number of nitrogens with zero attached hydrogens (tertiary/aromatic N) is 3. The minimum absolute atomic E-state index is 0.0589. The summed E-state index contributed by atoms with van der Waals surface area (Å²) in [5.74, 6) is 0.805. The van der Waals surface area contributed by atoms with Gasteiger partial charge in [-0.3, -0.25) is 9.69 Å². The van der Waals surface area contributed by atoms with Gasteiger partial charge in [-0.1, -0.05) is 30.3 Å². The molecule has 26 heavy (non-hydrogen) atoms. The van der Waals surface area contributed by atoms with E-state index in [1.165, 1.54) is 5.56 Å². The number of likely N-dealkylation sites (N-methyl/N-ethyl adjacent to an activating group) is 1. The molecule has 0 spiro atoms. The number of nitrogens with one attached hydrogen (secondary N) is 1. The van der Waals surface area contributed by atoms with Crippen molar-refractivity contribution in [1.29, 1.82) is 0 Å². The van der Waals surface area contributed by atoms with Gasteiger partial charge in [-0.2, -0.15) is 0 Å². The van der Waals surface area contributed by atoms with E-state index >= 15 is 0 Å². The van der Waals surface area contributed by atoms with Gasteiger partial charge in [-0.15, -0.1) is 10.2 Å². The van der Waals surface area contributed by atoms with Gasteiger partial charge >= 0.3 is 0 Å². The van der Waals surface area contributed by atoms with Crippen LogP contribution >= 0.6 is 0 Å². The van der Waals surface area contributed by atoms with E-state index in [0.29, 0.717) is 18.3 Å². The Balaban J connectivity index is 1.48. The lowest BCUT2D eigenvalue weighted by Gasteiger charge is -2.35. The first-order valence-electron chi connectivity index (χ1n) is 9.08. The largest absolute Gasteiger partial charge is 0.421 e. The predicted octanol–water partition coefficient (Wildman–Crippen LogP) is 1.81. The monoisotopic (exact) mass is 356 g/mol. The maximum absolute atomic E-state index is 12.1. The van der Waals surface area contributed by atoms with E-state index in [1.807, 2.05) is 13.0 Å². The van der Waals surface area contributed by atoms with Crippen molar-refractivity contribution in [2.24, 2.45) is 0 Å². The average Bonchev–Trinajstić information content (AvgIpc) is 3.31. The Bertz CT molecular complexity index is 772. The highest BCUT2D eigenvalue weighted by Gasteiger charge is 2.55. The molecule has 2 aliphatic rings. The lowest BCUT2D eigenvalue weighted by molar-refractivity contribution is -0.123. The second kappa shape index (κ2) is 6.81. The summed E-state index contributed by atoms with van der Waals surface area (Å²) >= 11 is 0. The molecular weight excluding hydrogens is 332 g/mol. The Morgan fingerprint density at radius 2 is 2.04 bits per heavy atom. The third-order valence-corrected chi connectivity index (χ3v) is 5.12. The number of benzene rings is 1. The first kappa shape index (κ1) is 17.2. The van der Waals surface area contributed by atoms with Crippen LogP contribution in [-0.4, -0.2) is 47.2 Å². The average molecular weight is 356 g/mol. The fourth-order valence-electron chi connectivity index (χ4n) is 3.61. The van der Waals surface area contributed by atoms with E-state index in [1.54, 1.807) is 7.05 Å². The van der Waals surface area contributed by atoms with E-state index in [-0.39, 0.29) is 18.1 Å². The second-order valence-corrected chi connectivity index (χ2v) is 7.22. The molecule has 1 aliphatic heterocycles. The number of rotatable bonds is 5. The number of amides is 1. The first-order valence-corrected chi connectivity index (χ1v) is 9.08. The number of hydrogen-bond donors (Lipinski definition) is 1. The molecule has 1 N–H and O–H groups in total. The highest BCUT2D eigenvalue weighted by Crippen LogP contribution is 2.48. The molecule has 138 valence electrons. The molecule has 2 fully saturated rings. The summed E-state index contributed by atoms with van der Waals surface area (Å²) in [6, 6.07) is 10.4. The van der Waals surface area contributed by atoms with Crippen LogP contribution in [0.15, 0.2) is 34.7 Å². The molecule has 2 aromatic rings. The second-order valence-electron chi connectivity index (χ2n) is 7.22. The Labute approximate surface area is 152 Å². The zero-order chi connectivity index (χ0) is 18.1. The summed E-state index contributed by atoms with van der Waals surface area (Å²) < 4.78 is 11.9. The van der Waals surface area contributed by atoms with Crippen molar-refractivity contribution in [3.8, 4) is 0 Å². The van der Waals surface area contributed by atoms with Gasteiger partial charge in [0.25, 0.3) is 0 Å². The van der Waals surface area contributed by atoms with Crippen molar-refractivity contribution in [1.82, 2.24) is 20.4 Å². The Kier molecular flexibility index (Phi) is 4.50. The van der Waals surface area contributed by atoms with Crippen LogP contribution in [0.4, 0.5) is 0 Å². The number of hydrogen-bond acceptors (Lipinski definition) is 6. The highest BCUT2D eigenvalue weighted by molar-refractivity contribution is 5.89. The third kappa shape index (κ3) is 3.24. The maximum Gasteiger partial charge on any atom is 0.246 e. The highest BCUT2D eigenvalue weighted by atomic mass is 16.5. The van der Waals surface area contributed by atoms with Crippen molar-refractivity contribution >= 4 is 5.91 Å². The topological polar surface area (TPSA) is 80.5 Å². The van der Waals surface area contributed by atoms with Crippen LogP contribution in [0, 0.1) is 0 Å². The van der Waals surface area contributed by atoms with Crippen LogP contribution in [0.3, 0.4) is 0 Å². The van der Waals surface area contributed by atoms with Crippen LogP contribution in [0.5, 0.6) is 0 Å². The van der Waals surface area contributed by atoms with Crippen LogP contribution in [0.25, 0.3) is 0 Å².